The van der Waals surface area contributed by atoms with Gasteiger partial charge in [-0.15, -0.1) is 5.10 Å². The molecule has 0 saturated carbocycles. The molecule has 5 heteroatoms. The lowest BCUT2D eigenvalue weighted by molar-refractivity contribution is 0.354. The van der Waals surface area contributed by atoms with Gasteiger partial charge >= 0.3 is 0 Å². The molecule has 0 bridgehead atoms. The highest BCUT2D eigenvalue weighted by molar-refractivity contribution is 9.10. The molecule has 2 aromatic rings. The summed E-state index contributed by atoms with van der Waals surface area (Å²) < 4.78 is 11.9. The molecule has 0 amide bonds. The lowest BCUT2D eigenvalue weighted by Gasteiger charge is -2.15. The summed E-state index contributed by atoms with van der Waals surface area (Å²) in [6.07, 6.45) is 0.733. The Morgan fingerprint density at radius 3 is 2.43 bits per heavy atom. The van der Waals surface area contributed by atoms with Crippen LogP contribution in [0.1, 0.15) is 23.6 Å². The van der Waals surface area contributed by atoms with Crippen molar-refractivity contribution < 1.29 is 9.47 Å². The summed E-state index contributed by atoms with van der Waals surface area (Å²) >= 11 is 3.52. The van der Waals surface area contributed by atoms with E-state index in [1.54, 1.807) is 14.2 Å². The Labute approximate surface area is 144 Å². The third-order valence-corrected chi connectivity index (χ3v) is 4.22. The first-order chi connectivity index (χ1) is 11.1. The number of halogens is 1. The van der Waals surface area contributed by atoms with Gasteiger partial charge in [0, 0.05) is 27.7 Å². The van der Waals surface area contributed by atoms with E-state index in [1.807, 2.05) is 43.3 Å². The van der Waals surface area contributed by atoms with Crippen LogP contribution < -0.4 is 9.47 Å². The lowest BCUT2D eigenvalue weighted by Crippen LogP contribution is -2.08. The maximum Gasteiger partial charge on any atom is 0.161 e. The fraction of sp³-hybridized carbons (Fsp3) is 0.222. The van der Waals surface area contributed by atoms with E-state index >= 15 is 0 Å². The third kappa shape index (κ3) is 3.15. The Balaban J connectivity index is 2.22. The van der Waals surface area contributed by atoms with Crippen LogP contribution in [-0.2, 0) is 6.42 Å². The highest BCUT2D eigenvalue weighted by atomic mass is 79.9. The van der Waals surface area contributed by atoms with Crippen LogP contribution in [0.2, 0.25) is 0 Å². The number of fused-ring (bicyclic) bond motifs is 1. The summed E-state index contributed by atoms with van der Waals surface area (Å²) in [4.78, 5) is 0. The van der Waals surface area contributed by atoms with Crippen LogP contribution in [0.4, 0.5) is 0 Å². The van der Waals surface area contributed by atoms with Crippen LogP contribution >= 0.6 is 15.9 Å². The summed E-state index contributed by atoms with van der Waals surface area (Å²) in [5.41, 5.74) is 4.94. The minimum absolute atomic E-state index is 0.688. The van der Waals surface area contributed by atoms with Crippen molar-refractivity contribution in [2.75, 3.05) is 14.2 Å². The molecule has 4 nitrogen and oxygen atoms in total. The summed E-state index contributed by atoms with van der Waals surface area (Å²) in [5.74, 6) is 1.41. The van der Waals surface area contributed by atoms with Gasteiger partial charge in [0.05, 0.1) is 14.2 Å². The Morgan fingerprint density at radius 2 is 1.74 bits per heavy atom. The molecule has 0 atom stereocenters. The van der Waals surface area contributed by atoms with E-state index in [2.05, 4.69) is 26.1 Å². The number of methoxy groups -OCH3 is 2. The van der Waals surface area contributed by atoms with Gasteiger partial charge in [0.1, 0.15) is 5.71 Å². The standard InChI is InChI=1S/C18H17BrN2O2/c1-11-7-13-9-16(22-2)17(23-3)10-15(13)18(21-20-11)12-5-4-6-14(19)8-12/h4-6,8-10H,7H2,1-3H3. The Morgan fingerprint density at radius 1 is 1.00 bits per heavy atom. The van der Waals surface area contributed by atoms with E-state index in [0.717, 1.165) is 44.8 Å². The van der Waals surface area contributed by atoms with E-state index in [1.165, 1.54) is 0 Å². The van der Waals surface area contributed by atoms with Gasteiger partial charge in [0.15, 0.2) is 11.5 Å². The lowest BCUT2D eigenvalue weighted by atomic mass is 9.94. The monoisotopic (exact) mass is 372 g/mol. The molecule has 0 fully saturated rings. The molecule has 0 saturated heterocycles. The molecular formula is C18H17BrN2O2. The summed E-state index contributed by atoms with van der Waals surface area (Å²) in [6, 6.07) is 12.0. The van der Waals surface area contributed by atoms with Gasteiger partial charge in [-0.05, 0) is 36.8 Å². The highest BCUT2D eigenvalue weighted by Gasteiger charge is 2.19. The van der Waals surface area contributed by atoms with Crippen LogP contribution in [0.15, 0.2) is 51.1 Å². The van der Waals surface area contributed by atoms with Gasteiger partial charge in [-0.25, -0.2) is 0 Å². The van der Waals surface area contributed by atoms with Crippen molar-refractivity contribution in [3.05, 3.63) is 57.6 Å². The Kier molecular flexibility index (Phi) is 4.48. The van der Waals surface area contributed by atoms with Crippen LogP contribution in [0, 0.1) is 0 Å². The second kappa shape index (κ2) is 6.54. The van der Waals surface area contributed by atoms with Crippen molar-refractivity contribution in [1.82, 2.24) is 0 Å². The van der Waals surface area contributed by atoms with Gasteiger partial charge < -0.3 is 9.47 Å². The number of nitrogens with zero attached hydrogens (tertiary/aromatic N) is 2. The number of hydrogen-bond donors (Lipinski definition) is 0. The third-order valence-electron chi connectivity index (χ3n) is 3.73. The van der Waals surface area contributed by atoms with Crippen molar-refractivity contribution >= 4 is 27.4 Å². The average Bonchev–Trinajstić information content (AvgIpc) is 2.71. The zero-order valence-corrected chi connectivity index (χ0v) is 14.8. The predicted octanol–water partition coefficient (Wildman–Crippen LogP) is 4.24. The Hall–Kier alpha value is -2.14. The van der Waals surface area contributed by atoms with Crippen molar-refractivity contribution in [2.45, 2.75) is 13.3 Å². The molecule has 0 aliphatic carbocycles. The van der Waals surface area contributed by atoms with E-state index in [0.29, 0.717) is 5.75 Å². The highest BCUT2D eigenvalue weighted by Crippen LogP contribution is 2.33. The fourth-order valence-electron chi connectivity index (χ4n) is 2.64. The van der Waals surface area contributed by atoms with Gasteiger partial charge in [0.2, 0.25) is 0 Å². The van der Waals surface area contributed by atoms with Crippen molar-refractivity contribution in [3.63, 3.8) is 0 Å². The van der Waals surface area contributed by atoms with Gasteiger partial charge in [-0.3, -0.25) is 0 Å². The molecule has 3 rings (SSSR count). The molecule has 1 aliphatic heterocycles. The normalized spacial score (nSPS) is 13.6. The molecule has 0 unspecified atom stereocenters. The van der Waals surface area contributed by atoms with Gasteiger partial charge in [-0.1, -0.05) is 28.1 Å². The first kappa shape index (κ1) is 15.7. The second-order valence-electron chi connectivity index (χ2n) is 5.34. The zero-order chi connectivity index (χ0) is 16.4. The topological polar surface area (TPSA) is 43.2 Å². The molecule has 0 N–H and O–H groups in total. The summed E-state index contributed by atoms with van der Waals surface area (Å²) in [6.45, 7) is 1.98. The summed E-state index contributed by atoms with van der Waals surface area (Å²) in [7, 11) is 3.28. The van der Waals surface area contributed by atoms with E-state index in [4.69, 9.17) is 9.47 Å². The molecule has 2 aromatic carbocycles. The molecule has 0 aromatic heterocycles. The molecule has 118 valence electrons. The van der Waals surface area contributed by atoms with Crippen molar-refractivity contribution in [1.29, 1.82) is 0 Å². The van der Waals surface area contributed by atoms with E-state index in [-0.39, 0.29) is 0 Å². The zero-order valence-electron chi connectivity index (χ0n) is 13.3. The van der Waals surface area contributed by atoms with Crippen molar-refractivity contribution in [3.8, 4) is 11.5 Å². The minimum atomic E-state index is 0.688. The SMILES string of the molecule is COc1cc2c(cc1OC)C(c1cccc(Br)c1)=NN=C(C)C2. The molecular weight excluding hydrogens is 356 g/mol. The van der Waals surface area contributed by atoms with Crippen LogP contribution in [0.3, 0.4) is 0 Å². The number of hydrogen-bond acceptors (Lipinski definition) is 4. The number of ether oxygens (including phenoxy) is 2. The van der Waals surface area contributed by atoms with Crippen LogP contribution in [0.5, 0.6) is 11.5 Å². The van der Waals surface area contributed by atoms with Crippen LogP contribution in [0.25, 0.3) is 0 Å². The molecule has 23 heavy (non-hydrogen) atoms. The average molecular weight is 373 g/mol. The largest absolute Gasteiger partial charge is 0.493 e. The number of benzene rings is 2. The minimum Gasteiger partial charge on any atom is -0.493 e. The van der Waals surface area contributed by atoms with Crippen LogP contribution in [-0.4, -0.2) is 25.6 Å². The molecule has 0 radical (unpaired) electrons. The summed E-state index contributed by atoms with van der Waals surface area (Å²) in [5, 5.41) is 8.82. The number of rotatable bonds is 3. The predicted molar refractivity (Wildman–Crippen MR) is 96.1 cm³/mol. The maximum absolute atomic E-state index is 5.45. The van der Waals surface area contributed by atoms with Gasteiger partial charge in [-0.2, -0.15) is 5.10 Å². The molecule has 1 aliphatic rings. The van der Waals surface area contributed by atoms with Crippen molar-refractivity contribution in [2.24, 2.45) is 10.2 Å². The second-order valence-corrected chi connectivity index (χ2v) is 6.25. The Bertz CT molecular complexity index is 813. The quantitative estimate of drug-likeness (QED) is 0.808. The maximum atomic E-state index is 5.45. The smallest absolute Gasteiger partial charge is 0.161 e. The molecule has 0 spiro atoms. The fourth-order valence-corrected chi connectivity index (χ4v) is 3.04. The van der Waals surface area contributed by atoms with E-state index < -0.39 is 0 Å². The first-order valence-corrected chi connectivity index (χ1v) is 8.04. The van der Waals surface area contributed by atoms with E-state index in [9.17, 15) is 0 Å². The van der Waals surface area contributed by atoms with Gasteiger partial charge in [0.25, 0.3) is 0 Å². The molecule has 1 heterocycles. The first-order valence-electron chi connectivity index (χ1n) is 7.24.